The third kappa shape index (κ3) is 2.80. The van der Waals surface area contributed by atoms with E-state index in [0.717, 1.165) is 20.9 Å². The van der Waals surface area contributed by atoms with E-state index in [1.165, 1.54) is 4.88 Å². The average Bonchev–Trinajstić information content (AvgIpc) is 2.56. The van der Waals surface area contributed by atoms with Gasteiger partial charge >= 0.3 is 0 Å². The Hall–Kier alpha value is -0.940. The van der Waals surface area contributed by atoms with Crippen molar-refractivity contribution in [3.8, 4) is 5.75 Å². The second-order valence-corrected chi connectivity index (χ2v) is 5.58. The molecule has 0 spiro atoms. The van der Waals surface area contributed by atoms with Gasteiger partial charge in [0.25, 0.3) is 0 Å². The summed E-state index contributed by atoms with van der Waals surface area (Å²) >= 11 is 5.02. The molecule has 0 unspecified atom stereocenters. The highest BCUT2D eigenvalue weighted by Crippen LogP contribution is 2.20. The molecule has 0 atom stereocenters. The van der Waals surface area contributed by atoms with Crippen LogP contribution in [0.3, 0.4) is 0 Å². The number of hydrogen-bond acceptors (Lipinski definition) is 4. The molecule has 0 saturated heterocycles. The summed E-state index contributed by atoms with van der Waals surface area (Å²) in [5.74, 6) is 0.750. The number of aromatic nitrogens is 2. The molecule has 5 heteroatoms. The molecule has 0 aliphatic heterocycles. The minimum Gasteiger partial charge on any atom is -0.485 e. The molecule has 0 fully saturated rings. The largest absolute Gasteiger partial charge is 0.485 e. The van der Waals surface area contributed by atoms with Crippen LogP contribution in [-0.2, 0) is 6.61 Å². The molecule has 0 aliphatic carbocycles. The van der Waals surface area contributed by atoms with Crippen LogP contribution in [0.25, 0.3) is 0 Å². The molecule has 0 bridgehead atoms. The van der Waals surface area contributed by atoms with Gasteiger partial charge in [0, 0.05) is 15.5 Å². The van der Waals surface area contributed by atoms with Gasteiger partial charge in [0.05, 0.1) is 11.9 Å². The van der Waals surface area contributed by atoms with E-state index in [-0.39, 0.29) is 0 Å². The SMILES string of the molecule is Cc1nc(COc2cncc(Br)c2)sc1C. The summed E-state index contributed by atoms with van der Waals surface area (Å²) in [5.41, 5.74) is 1.08. The number of hydrogen-bond donors (Lipinski definition) is 0. The lowest BCUT2D eigenvalue weighted by atomic mass is 10.4. The Morgan fingerprint density at radius 2 is 2.19 bits per heavy atom. The zero-order valence-corrected chi connectivity index (χ0v) is 11.4. The normalized spacial score (nSPS) is 10.4. The highest BCUT2D eigenvalue weighted by atomic mass is 79.9. The number of thiazole rings is 1. The van der Waals surface area contributed by atoms with Crippen molar-refractivity contribution in [2.45, 2.75) is 20.5 Å². The van der Waals surface area contributed by atoms with Crippen LogP contribution >= 0.6 is 27.3 Å². The predicted octanol–water partition coefficient (Wildman–Crippen LogP) is 3.50. The Morgan fingerprint density at radius 3 is 2.81 bits per heavy atom. The summed E-state index contributed by atoms with van der Waals surface area (Å²) in [6.45, 7) is 4.57. The van der Waals surface area contributed by atoms with Crippen molar-refractivity contribution in [3.05, 3.63) is 38.5 Å². The van der Waals surface area contributed by atoms with E-state index in [9.17, 15) is 0 Å². The maximum atomic E-state index is 5.60. The molecule has 0 radical (unpaired) electrons. The van der Waals surface area contributed by atoms with Gasteiger partial charge in [-0.3, -0.25) is 4.98 Å². The van der Waals surface area contributed by atoms with Crippen molar-refractivity contribution < 1.29 is 4.74 Å². The quantitative estimate of drug-likeness (QED) is 0.870. The van der Waals surface area contributed by atoms with Crippen LogP contribution in [0.1, 0.15) is 15.6 Å². The maximum Gasteiger partial charge on any atom is 0.140 e. The van der Waals surface area contributed by atoms with Gasteiger partial charge in [-0.1, -0.05) is 0 Å². The topological polar surface area (TPSA) is 35.0 Å². The molecule has 84 valence electrons. The van der Waals surface area contributed by atoms with E-state index in [1.807, 2.05) is 13.0 Å². The van der Waals surface area contributed by atoms with E-state index in [0.29, 0.717) is 6.61 Å². The lowest BCUT2D eigenvalue weighted by molar-refractivity contribution is 0.304. The Balaban J connectivity index is 2.02. The molecule has 0 amide bonds. The van der Waals surface area contributed by atoms with E-state index >= 15 is 0 Å². The highest BCUT2D eigenvalue weighted by molar-refractivity contribution is 9.10. The first kappa shape index (κ1) is 11.5. The number of rotatable bonds is 3. The first-order valence-electron chi connectivity index (χ1n) is 4.81. The fraction of sp³-hybridized carbons (Fsp3) is 0.273. The van der Waals surface area contributed by atoms with Crippen molar-refractivity contribution in [3.63, 3.8) is 0 Å². The summed E-state index contributed by atoms with van der Waals surface area (Å²) in [4.78, 5) is 9.68. The van der Waals surface area contributed by atoms with Crippen LogP contribution in [-0.4, -0.2) is 9.97 Å². The number of pyridine rings is 1. The van der Waals surface area contributed by atoms with Crippen molar-refractivity contribution in [1.82, 2.24) is 9.97 Å². The molecular weight excluding hydrogens is 288 g/mol. The van der Waals surface area contributed by atoms with Crippen LogP contribution in [0.4, 0.5) is 0 Å². The lowest BCUT2D eigenvalue weighted by Gasteiger charge is -2.02. The summed E-state index contributed by atoms with van der Waals surface area (Å²) in [6, 6.07) is 1.89. The molecule has 2 rings (SSSR count). The zero-order chi connectivity index (χ0) is 11.5. The van der Waals surface area contributed by atoms with Gasteiger partial charge in [0.15, 0.2) is 0 Å². The van der Waals surface area contributed by atoms with Gasteiger partial charge in [-0.15, -0.1) is 11.3 Å². The van der Waals surface area contributed by atoms with Crippen LogP contribution in [0.5, 0.6) is 5.75 Å². The molecule has 2 aromatic heterocycles. The summed E-state index contributed by atoms with van der Waals surface area (Å²) in [7, 11) is 0. The average molecular weight is 299 g/mol. The van der Waals surface area contributed by atoms with Crippen LogP contribution in [0.2, 0.25) is 0 Å². The molecule has 0 aromatic carbocycles. The van der Waals surface area contributed by atoms with Gasteiger partial charge in [0.1, 0.15) is 17.4 Å². The third-order valence-corrected chi connectivity index (χ3v) is 3.59. The molecular formula is C11H11BrN2OS. The second kappa shape index (κ2) is 4.93. The van der Waals surface area contributed by atoms with Crippen molar-refractivity contribution >= 4 is 27.3 Å². The Morgan fingerprint density at radius 1 is 1.38 bits per heavy atom. The fourth-order valence-corrected chi connectivity index (χ4v) is 2.41. The molecule has 16 heavy (non-hydrogen) atoms. The summed E-state index contributed by atoms with van der Waals surface area (Å²) in [5, 5.41) is 0.995. The van der Waals surface area contributed by atoms with Crippen molar-refractivity contribution in [2.75, 3.05) is 0 Å². The molecule has 0 saturated carbocycles. The van der Waals surface area contributed by atoms with E-state index in [4.69, 9.17) is 4.74 Å². The monoisotopic (exact) mass is 298 g/mol. The molecule has 3 nitrogen and oxygen atoms in total. The number of halogens is 1. The maximum absolute atomic E-state index is 5.60. The lowest BCUT2D eigenvalue weighted by Crippen LogP contribution is -1.95. The molecule has 0 aliphatic rings. The van der Waals surface area contributed by atoms with Crippen LogP contribution in [0.15, 0.2) is 22.9 Å². The predicted molar refractivity (Wildman–Crippen MR) is 67.9 cm³/mol. The van der Waals surface area contributed by atoms with Gasteiger partial charge in [-0.05, 0) is 35.8 Å². The fourth-order valence-electron chi connectivity index (χ4n) is 1.22. The van der Waals surface area contributed by atoms with Gasteiger partial charge in [0.2, 0.25) is 0 Å². The van der Waals surface area contributed by atoms with Crippen molar-refractivity contribution in [2.24, 2.45) is 0 Å². The standard InChI is InChI=1S/C11H11BrN2OS/c1-7-8(2)16-11(14-7)6-15-10-3-9(12)4-13-5-10/h3-5H,6H2,1-2H3. The zero-order valence-electron chi connectivity index (χ0n) is 9.03. The molecule has 2 aromatic rings. The first-order valence-corrected chi connectivity index (χ1v) is 6.42. The van der Waals surface area contributed by atoms with E-state index in [1.54, 1.807) is 23.7 Å². The van der Waals surface area contributed by atoms with E-state index in [2.05, 4.69) is 32.8 Å². The summed E-state index contributed by atoms with van der Waals surface area (Å²) in [6.07, 6.45) is 3.42. The Kier molecular flexibility index (Phi) is 3.56. The third-order valence-electron chi connectivity index (χ3n) is 2.11. The van der Waals surface area contributed by atoms with Crippen LogP contribution in [0, 0.1) is 13.8 Å². The Bertz CT molecular complexity index is 479. The highest BCUT2D eigenvalue weighted by Gasteiger charge is 2.04. The number of nitrogens with zero attached hydrogens (tertiary/aromatic N) is 2. The smallest absolute Gasteiger partial charge is 0.140 e. The second-order valence-electron chi connectivity index (χ2n) is 3.38. The van der Waals surface area contributed by atoms with Gasteiger partial charge < -0.3 is 4.74 Å². The van der Waals surface area contributed by atoms with E-state index < -0.39 is 0 Å². The minimum atomic E-state index is 0.498. The first-order chi connectivity index (χ1) is 7.65. The molecule has 2 heterocycles. The molecule has 0 N–H and O–H groups in total. The number of aryl methyl sites for hydroxylation is 2. The van der Waals surface area contributed by atoms with Crippen LogP contribution < -0.4 is 4.74 Å². The van der Waals surface area contributed by atoms with Gasteiger partial charge in [-0.25, -0.2) is 4.98 Å². The van der Waals surface area contributed by atoms with Gasteiger partial charge in [-0.2, -0.15) is 0 Å². The summed E-state index contributed by atoms with van der Waals surface area (Å²) < 4.78 is 6.51. The number of ether oxygens (including phenoxy) is 1. The van der Waals surface area contributed by atoms with Crippen molar-refractivity contribution in [1.29, 1.82) is 0 Å². The minimum absolute atomic E-state index is 0.498. The Labute approximate surface area is 107 Å².